The first-order chi connectivity index (χ1) is 8.15. The number of carbonyl (C=O) groups is 1. The molecule has 1 aromatic carbocycles. The van der Waals surface area contributed by atoms with Crippen LogP contribution in [-0.2, 0) is 6.54 Å². The maximum atomic E-state index is 12.4. The molecule has 0 saturated carbocycles. The van der Waals surface area contributed by atoms with Gasteiger partial charge in [-0.15, -0.1) is 0 Å². The van der Waals surface area contributed by atoms with Gasteiger partial charge in [-0.05, 0) is 35.0 Å². The molecular weight excluding hydrogens is 348 g/mol. The molecule has 3 nitrogen and oxygen atoms in total. The van der Waals surface area contributed by atoms with Crippen molar-refractivity contribution in [2.24, 2.45) is 0 Å². The van der Waals surface area contributed by atoms with Crippen LogP contribution in [0.3, 0.4) is 0 Å². The average Bonchev–Trinajstić information content (AvgIpc) is 2.70. The lowest BCUT2D eigenvalue weighted by atomic mass is 10.1. The Morgan fingerprint density at radius 2 is 2.00 bits per heavy atom. The SMILES string of the molecule is CCn1ncc(Br)c1C(=O)c1ccccc1Br. The largest absolute Gasteiger partial charge is 0.287 e. The van der Waals surface area contributed by atoms with E-state index in [1.807, 2.05) is 25.1 Å². The van der Waals surface area contributed by atoms with Crippen molar-refractivity contribution in [2.45, 2.75) is 13.5 Å². The van der Waals surface area contributed by atoms with E-state index >= 15 is 0 Å². The van der Waals surface area contributed by atoms with Crippen LogP contribution in [0.25, 0.3) is 0 Å². The summed E-state index contributed by atoms with van der Waals surface area (Å²) in [4.78, 5) is 12.4. The summed E-state index contributed by atoms with van der Waals surface area (Å²) < 4.78 is 3.20. The van der Waals surface area contributed by atoms with Gasteiger partial charge in [0.15, 0.2) is 0 Å². The molecule has 0 bridgehead atoms. The van der Waals surface area contributed by atoms with Crippen molar-refractivity contribution >= 4 is 37.6 Å². The van der Waals surface area contributed by atoms with Gasteiger partial charge in [0.2, 0.25) is 5.78 Å². The molecular formula is C12H10Br2N2O. The molecule has 88 valence electrons. The van der Waals surface area contributed by atoms with Gasteiger partial charge in [-0.2, -0.15) is 5.10 Å². The number of halogens is 2. The van der Waals surface area contributed by atoms with E-state index in [1.54, 1.807) is 16.9 Å². The number of nitrogens with zero attached hydrogens (tertiary/aromatic N) is 2. The molecule has 0 fully saturated rings. The Kier molecular flexibility index (Phi) is 3.79. The molecule has 0 aliphatic carbocycles. The van der Waals surface area contributed by atoms with E-state index in [0.717, 1.165) is 8.95 Å². The van der Waals surface area contributed by atoms with Gasteiger partial charge in [0.25, 0.3) is 0 Å². The molecule has 0 atom stereocenters. The fraction of sp³-hybridized carbons (Fsp3) is 0.167. The molecule has 0 unspecified atom stereocenters. The first-order valence-electron chi connectivity index (χ1n) is 5.15. The highest BCUT2D eigenvalue weighted by Gasteiger charge is 2.19. The summed E-state index contributed by atoms with van der Waals surface area (Å²) >= 11 is 6.75. The zero-order valence-corrected chi connectivity index (χ0v) is 12.3. The van der Waals surface area contributed by atoms with Crippen molar-refractivity contribution in [1.82, 2.24) is 9.78 Å². The summed E-state index contributed by atoms with van der Waals surface area (Å²) in [6.45, 7) is 2.62. The molecule has 0 aliphatic rings. The fourth-order valence-electron chi connectivity index (χ4n) is 1.60. The summed E-state index contributed by atoms with van der Waals surface area (Å²) in [5.41, 5.74) is 1.22. The van der Waals surface area contributed by atoms with Crippen molar-refractivity contribution < 1.29 is 4.79 Å². The van der Waals surface area contributed by atoms with Gasteiger partial charge in [-0.3, -0.25) is 9.48 Å². The van der Waals surface area contributed by atoms with Crippen LogP contribution in [0.1, 0.15) is 23.0 Å². The van der Waals surface area contributed by atoms with E-state index < -0.39 is 0 Å². The van der Waals surface area contributed by atoms with Crippen molar-refractivity contribution in [3.05, 3.63) is 50.7 Å². The Bertz CT molecular complexity index is 563. The second-order valence-corrected chi connectivity index (χ2v) is 5.17. The molecule has 0 N–H and O–H groups in total. The summed E-state index contributed by atoms with van der Waals surface area (Å²) in [5, 5.41) is 4.14. The molecule has 2 aromatic rings. The van der Waals surface area contributed by atoms with Gasteiger partial charge in [0.05, 0.1) is 10.7 Å². The summed E-state index contributed by atoms with van der Waals surface area (Å²) in [5.74, 6) is -0.0382. The smallest absolute Gasteiger partial charge is 0.213 e. The van der Waals surface area contributed by atoms with Crippen LogP contribution in [0.2, 0.25) is 0 Å². The van der Waals surface area contributed by atoms with E-state index in [2.05, 4.69) is 37.0 Å². The highest BCUT2D eigenvalue weighted by molar-refractivity contribution is 9.10. The maximum absolute atomic E-state index is 12.4. The molecule has 1 heterocycles. The van der Waals surface area contributed by atoms with Gasteiger partial charge in [-0.1, -0.05) is 28.1 Å². The zero-order valence-electron chi connectivity index (χ0n) is 9.15. The standard InChI is InChI=1S/C12H10Br2N2O/c1-2-16-11(10(14)7-15-16)12(17)8-5-3-4-6-9(8)13/h3-7H,2H2,1H3. The molecule has 0 radical (unpaired) electrons. The Balaban J connectivity index is 2.51. The Morgan fingerprint density at radius 3 is 2.65 bits per heavy atom. The summed E-state index contributed by atoms with van der Waals surface area (Å²) in [7, 11) is 0. The Hall–Kier alpha value is -0.940. The van der Waals surface area contributed by atoms with Crippen LogP contribution in [0.4, 0.5) is 0 Å². The van der Waals surface area contributed by atoms with Gasteiger partial charge < -0.3 is 0 Å². The quantitative estimate of drug-likeness (QED) is 0.785. The van der Waals surface area contributed by atoms with E-state index in [0.29, 0.717) is 17.8 Å². The Morgan fingerprint density at radius 1 is 1.29 bits per heavy atom. The normalized spacial score (nSPS) is 10.5. The van der Waals surface area contributed by atoms with Crippen molar-refractivity contribution in [3.8, 4) is 0 Å². The number of hydrogen-bond acceptors (Lipinski definition) is 2. The van der Waals surface area contributed by atoms with Gasteiger partial charge >= 0.3 is 0 Å². The number of carbonyl (C=O) groups excluding carboxylic acids is 1. The van der Waals surface area contributed by atoms with E-state index in [1.165, 1.54) is 0 Å². The lowest BCUT2D eigenvalue weighted by Gasteiger charge is -2.06. The van der Waals surface area contributed by atoms with Crippen LogP contribution >= 0.6 is 31.9 Å². The second kappa shape index (κ2) is 5.14. The lowest BCUT2D eigenvalue weighted by molar-refractivity contribution is 0.102. The average molecular weight is 358 g/mol. The predicted octanol–water partition coefficient (Wildman–Crippen LogP) is 3.66. The minimum absolute atomic E-state index is 0.0382. The molecule has 1 aromatic heterocycles. The monoisotopic (exact) mass is 356 g/mol. The molecule has 0 saturated heterocycles. The molecule has 5 heteroatoms. The number of ketones is 1. The number of benzene rings is 1. The minimum atomic E-state index is -0.0382. The lowest BCUT2D eigenvalue weighted by Crippen LogP contribution is -2.11. The third-order valence-corrected chi connectivity index (χ3v) is 3.70. The van der Waals surface area contributed by atoms with Gasteiger partial charge in [-0.25, -0.2) is 0 Å². The van der Waals surface area contributed by atoms with E-state index in [4.69, 9.17) is 0 Å². The number of aromatic nitrogens is 2. The second-order valence-electron chi connectivity index (χ2n) is 3.47. The van der Waals surface area contributed by atoms with Crippen LogP contribution in [0.15, 0.2) is 39.4 Å². The molecule has 0 amide bonds. The molecule has 2 rings (SSSR count). The van der Waals surface area contributed by atoms with Gasteiger partial charge in [0.1, 0.15) is 5.69 Å². The summed E-state index contributed by atoms with van der Waals surface area (Å²) in [6, 6.07) is 7.38. The number of hydrogen-bond donors (Lipinski definition) is 0. The molecule has 0 spiro atoms. The van der Waals surface area contributed by atoms with Crippen LogP contribution in [-0.4, -0.2) is 15.6 Å². The molecule has 0 aliphatic heterocycles. The highest BCUT2D eigenvalue weighted by Crippen LogP contribution is 2.24. The Labute approximate surface area is 116 Å². The van der Waals surface area contributed by atoms with Crippen LogP contribution in [0.5, 0.6) is 0 Å². The van der Waals surface area contributed by atoms with Gasteiger partial charge in [0, 0.05) is 16.6 Å². The first-order valence-corrected chi connectivity index (χ1v) is 6.74. The van der Waals surface area contributed by atoms with Crippen molar-refractivity contribution in [1.29, 1.82) is 0 Å². The first kappa shape index (κ1) is 12.5. The highest BCUT2D eigenvalue weighted by atomic mass is 79.9. The fourth-order valence-corrected chi connectivity index (χ4v) is 2.54. The zero-order chi connectivity index (χ0) is 12.4. The number of rotatable bonds is 3. The third kappa shape index (κ3) is 2.35. The molecule has 17 heavy (non-hydrogen) atoms. The maximum Gasteiger partial charge on any atom is 0.213 e. The van der Waals surface area contributed by atoms with E-state index in [-0.39, 0.29) is 5.78 Å². The van der Waals surface area contributed by atoms with Crippen molar-refractivity contribution in [3.63, 3.8) is 0 Å². The summed E-state index contributed by atoms with van der Waals surface area (Å²) in [6.07, 6.45) is 1.65. The van der Waals surface area contributed by atoms with Crippen molar-refractivity contribution in [2.75, 3.05) is 0 Å². The predicted molar refractivity (Wildman–Crippen MR) is 73.2 cm³/mol. The van der Waals surface area contributed by atoms with E-state index in [9.17, 15) is 4.79 Å². The third-order valence-electron chi connectivity index (χ3n) is 2.43. The van der Waals surface area contributed by atoms with Crippen LogP contribution < -0.4 is 0 Å². The topological polar surface area (TPSA) is 34.9 Å². The minimum Gasteiger partial charge on any atom is -0.287 e. The number of aryl methyl sites for hydroxylation is 1. The van der Waals surface area contributed by atoms with Crippen LogP contribution in [0, 0.1) is 0 Å².